The second kappa shape index (κ2) is 7.16. The number of imidazole rings is 2. The van der Waals surface area contributed by atoms with Crippen LogP contribution in [-0.4, -0.2) is 29.0 Å². The minimum atomic E-state index is -0.392. The van der Waals surface area contributed by atoms with Gasteiger partial charge in [-0.15, -0.1) is 11.6 Å². The molecule has 0 fully saturated rings. The standard InChI is InChI=1S/C20H20ClN5O2/c1-14-13-26-16-17(22-19(26)24(14)12-10-21)23(2)20(28)25(18(16)27)11-6-9-15-7-4-3-5-8-15/h3-9,13H,10-12H2,1-2H3. The molecule has 7 nitrogen and oxygen atoms in total. The van der Waals surface area contributed by atoms with E-state index < -0.39 is 5.69 Å². The average molecular weight is 398 g/mol. The highest BCUT2D eigenvalue weighted by molar-refractivity contribution is 6.17. The van der Waals surface area contributed by atoms with E-state index in [-0.39, 0.29) is 12.1 Å². The van der Waals surface area contributed by atoms with E-state index >= 15 is 0 Å². The largest absolute Gasteiger partial charge is 0.332 e. The minimum absolute atomic E-state index is 0.185. The Balaban J connectivity index is 1.87. The lowest BCUT2D eigenvalue weighted by Crippen LogP contribution is -2.39. The van der Waals surface area contributed by atoms with Crippen molar-refractivity contribution in [1.82, 2.24) is 23.1 Å². The van der Waals surface area contributed by atoms with Crippen LogP contribution in [0.3, 0.4) is 0 Å². The molecule has 0 spiro atoms. The third-order valence-electron chi connectivity index (χ3n) is 4.85. The summed E-state index contributed by atoms with van der Waals surface area (Å²) in [7, 11) is 1.63. The zero-order valence-corrected chi connectivity index (χ0v) is 16.4. The Morgan fingerprint density at radius 1 is 1.14 bits per heavy atom. The molecule has 3 aromatic heterocycles. The van der Waals surface area contributed by atoms with Crippen LogP contribution in [0.5, 0.6) is 0 Å². The molecule has 1 aromatic carbocycles. The third-order valence-corrected chi connectivity index (χ3v) is 5.02. The van der Waals surface area contributed by atoms with E-state index in [9.17, 15) is 9.59 Å². The monoisotopic (exact) mass is 397 g/mol. The normalized spacial score (nSPS) is 12.0. The zero-order chi connectivity index (χ0) is 19.8. The van der Waals surface area contributed by atoms with Gasteiger partial charge in [0.1, 0.15) is 0 Å². The van der Waals surface area contributed by atoms with E-state index in [4.69, 9.17) is 11.6 Å². The molecule has 28 heavy (non-hydrogen) atoms. The van der Waals surface area contributed by atoms with Gasteiger partial charge in [0.05, 0.1) is 0 Å². The van der Waals surface area contributed by atoms with Crippen LogP contribution < -0.4 is 11.2 Å². The lowest BCUT2D eigenvalue weighted by Gasteiger charge is -2.05. The zero-order valence-electron chi connectivity index (χ0n) is 15.7. The molecule has 0 bridgehead atoms. The Labute approximate surface area is 165 Å². The van der Waals surface area contributed by atoms with E-state index in [0.29, 0.717) is 29.4 Å². The summed E-state index contributed by atoms with van der Waals surface area (Å²) in [5.41, 5.74) is 1.98. The number of hydrogen-bond acceptors (Lipinski definition) is 3. The van der Waals surface area contributed by atoms with Gasteiger partial charge in [-0.2, -0.15) is 4.98 Å². The number of aromatic nitrogens is 5. The molecular weight excluding hydrogens is 378 g/mol. The van der Waals surface area contributed by atoms with Gasteiger partial charge < -0.3 is 4.57 Å². The maximum atomic E-state index is 13.1. The second-order valence-corrected chi connectivity index (χ2v) is 7.01. The van der Waals surface area contributed by atoms with Crippen LogP contribution in [0.1, 0.15) is 11.3 Å². The topological polar surface area (TPSA) is 66.2 Å². The second-order valence-electron chi connectivity index (χ2n) is 6.64. The fourth-order valence-electron chi connectivity index (χ4n) is 3.44. The van der Waals surface area contributed by atoms with Crippen molar-refractivity contribution < 1.29 is 0 Å². The maximum Gasteiger partial charge on any atom is 0.332 e. The Hall–Kier alpha value is -3.06. The van der Waals surface area contributed by atoms with E-state index in [1.165, 1.54) is 9.13 Å². The van der Waals surface area contributed by atoms with E-state index in [1.807, 2.05) is 60.2 Å². The van der Waals surface area contributed by atoms with Gasteiger partial charge in [0.25, 0.3) is 5.56 Å². The van der Waals surface area contributed by atoms with Gasteiger partial charge in [0.2, 0.25) is 5.78 Å². The van der Waals surface area contributed by atoms with Gasteiger partial charge in [-0.1, -0.05) is 42.5 Å². The van der Waals surface area contributed by atoms with Crippen LogP contribution in [0.25, 0.3) is 23.0 Å². The van der Waals surface area contributed by atoms with Gasteiger partial charge in [-0.3, -0.25) is 18.3 Å². The summed E-state index contributed by atoms with van der Waals surface area (Å²) < 4.78 is 6.33. The van der Waals surface area contributed by atoms with Crippen molar-refractivity contribution in [1.29, 1.82) is 0 Å². The number of nitrogens with zero attached hydrogens (tertiary/aromatic N) is 5. The smallest absolute Gasteiger partial charge is 0.313 e. The van der Waals surface area contributed by atoms with Crippen molar-refractivity contribution >= 4 is 34.6 Å². The molecule has 0 N–H and O–H groups in total. The summed E-state index contributed by atoms with van der Waals surface area (Å²) in [4.78, 5) is 30.4. The molecular formula is C20H20ClN5O2. The van der Waals surface area contributed by atoms with Gasteiger partial charge in [-0.05, 0) is 12.5 Å². The Kier molecular flexibility index (Phi) is 4.68. The van der Waals surface area contributed by atoms with Crippen molar-refractivity contribution in [3.8, 4) is 0 Å². The summed E-state index contributed by atoms with van der Waals surface area (Å²) >= 11 is 5.90. The summed E-state index contributed by atoms with van der Waals surface area (Å²) in [5, 5.41) is 0. The summed E-state index contributed by atoms with van der Waals surface area (Å²) in [6.45, 7) is 2.70. The predicted molar refractivity (Wildman–Crippen MR) is 111 cm³/mol. The van der Waals surface area contributed by atoms with Gasteiger partial charge >= 0.3 is 5.69 Å². The fraction of sp³-hybridized carbons (Fsp3) is 0.250. The van der Waals surface area contributed by atoms with Crippen LogP contribution >= 0.6 is 11.6 Å². The SMILES string of the molecule is Cc1cn2c3c(=O)n(CC=Cc4ccccc4)c(=O)n(C)c3nc2n1CCCl. The quantitative estimate of drug-likeness (QED) is 0.486. The van der Waals surface area contributed by atoms with Crippen molar-refractivity contribution in [3.05, 3.63) is 74.7 Å². The first-order chi connectivity index (χ1) is 13.5. The average Bonchev–Trinajstić information content (AvgIpc) is 3.20. The number of alkyl halides is 1. The van der Waals surface area contributed by atoms with E-state index in [1.54, 1.807) is 11.4 Å². The summed E-state index contributed by atoms with van der Waals surface area (Å²) in [6.07, 6.45) is 5.56. The molecule has 0 aliphatic heterocycles. The molecule has 0 radical (unpaired) electrons. The number of hydrogen-bond donors (Lipinski definition) is 0. The lowest BCUT2D eigenvalue weighted by atomic mass is 10.2. The van der Waals surface area contributed by atoms with Crippen LogP contribution in [0.2, 0.25) is 0 Å². The molecule has 3 heterocycles. The first-order valence-corrected chi connectivity index (χ1v) is 9.51. The Bertz CT molecular complexity index is 1310. The number of fused-ring (bicyclic) bond motifs is 3. The maximum absolute atomic E-state index is 13.1. The molecule has 0 unspecified atom stereocenters. The van der Waals surface area contributed by atoms with Gasteiger partial charge in [0.15, 0.2) is 11.2 Å². The van der Waals surface area contributed by atoms with Crippen molar-refractivity contribution in [3.63, 3.8) is 0 Å². The molecule has 0 aliphatic rings. The predicted octanol–water partition coefficient (Wildman–Crippen LogP) is 2.41. The number of aryl methyl sites for hydroxylation is 3. The first kappa shape index (κ1) is 18.3. The number of rotatable bonds is 5. The van der Waals surface area contributed by atoms with Gasteiger partial charge in [-0.25, -0.2) is 4.79 Å². The minimum Gasteiger partial charge on any atom is -0.313 e. The lowest BCUT2D eigenvalue weighted by molar-refractivity contribution is 0.667. The highest BCUT2D eigenvalue weighted by Gasteiger charge is 2.19. The van der Waals surface area contributed by atoms with Crippen LogP contribution in [0, 0.1) is 6.92 Å². The molecule has 144 valence electrons. The first-order valence-electron chi connectivity index (χ1n) is 8.98. The third kappa shape index (κ3) is 2.88. The molecule has 0 saturated carbocycles. The summed E-state index contributed by atoms with van der Waals surface area (Å²) in [6, 6.07) is 9.74. The molecule has 0 aliphatic carbocycles. The van der Waals surface area contributed by atoms with E-state index in [2.05, 4.69) is 4.98 Å². The molecule has 0 amide bonds. The highest BCUT2D eigenvalue weighted by Crippen LogP contribution is 2.16. The highest BCUT2D eigenvalue weighted by atomic mass is 35.5. The van der Waals surface area contributed by atoms with E-state index in [0.717, 1.165) is 11.3 Å². The molecule has 4 rings (SSSR count). The van der Waals surface area contributed by atoms with Crippen molar-refractivity contribution in [2.24, 2.45) is 7.05 Å². The Morgan fingerprint density at radius 2 is 1.89 bits per heavy atom. The number of benzene rings is 1. The summed E-state index contributed by atoms with van der Waals surface area (Å²) in [5.74, 6) is 1.04. The molecule has 4 aromatic rings. The molecule has 0 saturated heterocycles. The van der Waals surface area contributed by atoms with Crippen LogP contribution in [-0.2, 0) is 20.1 Å². The number of allylic oxidation sites excluding steroid dienone is 1. The van der Waals surface area contributed by atoms with Gasteiger partial charge in [0, 0.05) is 37.9 Å². The van der Waals surface area contributed by atoms with Crippen LogP contribution in [0.4, 0.5) is 0 Å². The Morgan fingerprint density at radius 3 is 2.61 bits per heavy atom. The number of halogens is 1. The molecule has 0 atom stereocenters. The van der Waals surface area contributed by atoms with Crippen LogP contribution in [0.15, 0.2) is 52.2 Å². The fourth-order valence-corrected chi connectivity index (χ4v) is 3.60. The molecule has 8 heteroatoms. The van der Waals surface area contributed by atoms with Crippen molar-refractivity contribution in [2.45, 2.75) is 20.0 Å². The van der Waals surface area contributed by atoms with Crippen molar-refractivity contribution in [2.75, 3.05) is 5.88 Å².